The van der Waals surface area contributed by atoms with Crippen LogP contribution in [0.25, 0.3) is 0 Å². The third-order valence-corrected chi connectivity index (χ3v) is 2.54. The minimum atomic E-state index is -0.912. The van der Waals surface area contributed by atoms with Crippen LogP contribution >= 0.6 is 11.8 Å². The van der Waals surface area contributed by atoms with Crippen molar-refractivity contribution in [3.05, 3.63) is 24.0 Å². The highest BCUT2D eigenvalue weighted by Crippen LogP contribution is 2.32. The molecular weight excluding hydrogens is 208 g/mol. The van der Waals surface area contributed by atoms with Gasteiger partial charge in [-0.15, -0.1) is 0 Å². The molecule has 14 heavy (non-hydrogen) atoms. The molecule has 1 unspecified atom stereocenters. The summed E-state index contributed by atoms with van der Waals surface area (Å²) in [5.41, 5.74) is -0.104. The third-order valence-electron chi connectivity index (χ3n) is 1.55. The minimum absolute atomic E-state index is 0.104. The van der Waals surface area contributed by atoms with E-state index in [2.05, 4.69) is 0 Å². The molecule has 7 heteroatoms. The van der Waals surface area contributed by atoms with Crippen LogP contribution < -0.4 is 0 Å². The summed E-state index contributed by atoms with van der Waals surface area (Å²) >= 11 is 1.48. The molecule has 0 bridgehead atoms. The van der Waals surface area contributed by atoms with E-state index in [1.54, 1.807) is 12.4 Å². The lowest BCUT2D eigenvalue weighted by atomic mass is 10.8. The number of amides is 1. The zero-order valence-electron chi connectivity index (χ0n) is 6.98. The first-order valence-corrected chi connectivity index (χ1v) is 4.52. The Morgan fingerprint density at radius 3 is 2.64 bits per heavy atom. The van der Waals surface area contributed by atoms with Gasteiger partial charge < -0.3 is 15.1 Å². The normalized spacial score (nSPS) is 21.6. The summed E-state index contributed by atoms with van der Waals surface area (Å²) in [7, 11) is 0. The van der Waals surface area contributed by atoms with Gasteiger partial charge in [-0.05, 0) is 5.41 Å². The van der Waals surface area contributed by atoms with Gasteiger partial charge in [0.2, 0.25) is 0 Å². The van der Waals surface area contributed by atoms with Crippen LogP contribution in [0.2, 0.25) is 0 Å². The van der Waals surface area contributed by atoms with Crippen LogP contribution in [0.5, 0.6) is 0 Å². The SMILES string of the molecule is O=C(O)N1C=CN2C=CSC21.O=CO. The minimum Gasteiger partial charge on any atom is -0.483 e. The van der Waals surface area contributed by atoms with E-state index in [1.165, 1.54) is 16.7 Å². The van der Waals surface area contributed by atoms with Crippen molar-refractivity contribution in [2.75, 3.05) is 0 Å². The number of carboxylic acid groups (broad SMARTS) is 2. The lowest BCUT2D eigenvalue weighted by Gasteiger charge is -2.20. The third kappa shape index (κ3) is 1.99. The average Bonchev–Trinajstić information content (AvgIpc) is 2.62. The molecule has 2 aliphatic rings. The lowest BCUT2D eigenvalue weighted by molar-refractivity contribution is -0.122. The molecule has 0 aromatic carbocycles. The van der Waals surface area contributed by atoms with Crippen molar-refractivity contribution in [3.63, 3.8) is 0 Å². The summed E-state index contributed by atoms with van der Waals surface area (Å²) in [6, 6.07) is 0. The first-order chi connectivity index (χ1) is 6.70. The number of hydrogen-bond donors (Lipinski definition) is 2. The van der Waals surface area contributed by atoms with Gasteiger partial charge in [-0.2, -0.15) is 0 Å². The van der Waals surface area contributed by atoms with Crippen LogP contribution in [0.4, 0.5) is 4.79 Å². The van der Waals surface area contributed by atoms with Crippen LogP contribution in [0, 0.1) is 0 Å². The van der Waals surface area contributed by atoms with E-state index in [-0.39, 0.29) is 12.0 Å². The predicted molar refractivity (Wildman–Crippen MR) is 50.1 cm³/mol. The molecule has 1 atom stereocenters. The maximum Gasteiger partial charge on any atom is 0.413 e. The first kappa shape index (κ1) is 10.5. The molecule has 0 radical (unpaired) electrons. The molecule has 2 N–H and O–H groups in total. The van der Waals surface area contributed by atoms with Gasteiger partial charge in [0.25, 0.3) is 6.47 Å². The van der Waals surface area contributed by atoms with E-state index in [9.17, 15) is 4.79 Å². The second-order valence-electron chi connectivity index (χ2n) is 2.29. The number of rotatable bonds is 0. The number of fused-ring (bicyclic) bond motifs is 1. The Morgan fingerprint density at radius 1 is 1.43 bits per heavy atom. The van der Waals surface area contributed by atoms with E-state index in [0.717, 1.165) is 0 Å². The Kier molecular flexibility index (Phi) is 3.41. The molecule has 1 amide bonds. The summed E-state index contributed by atoms with van der Waals surface area (Å²) in [5, 5.41) is 17.4. The molecular formula is C7H8N2O4S. The van der Waals surface area contributed by atoms with Crippen molar-refractivity contribution in [1.82, 2.24) is 9.80 Å². The van der Waals surface area contributed by atoms with Crippen LogP contribution in [0.15, 0.2) is 24.0 Å². The molecule has 0 aromatic heterocycles. The zero-order valence-corrected chi connectivity index (χ0v) is 7.79. The van der Waals surface area contributed by atoms with Gasteiger partial charge in [0, 0.05) is 18.6 Å². The molecule has 2 rings (SSSR count). The molecule has 2 aliphatic heterocycles. The lowest BCUT2D eigenvalue weighted by Crippen LogP contribution is -2.34. The van der Waals surface area contributed by atoms with Gasteiger partial charge >= 0.3 is 6.09 Å². The second kappa shape index (κ2) is 4.56. The van der Waals surface area contributed by atoms with E-state index < -0.39 is 6.09 Å². The van der Waals surface area contributed by atoms with Crippen molar-refractivity contribution in [2.24, 2.45) is 0 Å². The molecule has 0 fully saturated rings. The maximum absolute atomic E-state index is 10.6. The first-order valence-electron chi connectivity index (χ1n) is 3.57. The fraction of sp³-hybridized carbons (Fsp3) is 0.143. The molecule has 2 heterocycles. The summed E-state index contributed by atoms with van der Waals surface area (Å²) in [5.74, 6) is 0. The molecule has 0 saturated heterocycles. The van der Waals surface area contributed by atoms with Crippen molar-refractivity contribution in [3.8, 4) is 0 Å². The number of carbonyl (C=O) groups is 2. The average molecular weight is 216 g/mol. The summed E-state index contributed by atoms with van der Waals surface area (Å²) < 4.78 is 0. The molecule has 0 saturated carbocycles. The Hall–Kier alpha value is -1.63. The maximum atomic E-state index is 10.6. The van der Waals surface area contributed by atoms with Crippen molar-refractivity contribution in [2.45, 2.75) is 5.50 Å². The molecule has 6 nitrogen and oxygen atoms in total. The highest BCUT2D eigenvalue weighted by molar-refractivity contribution is 8.02. The quantitative estimate of drug-likeness (QED) is 0.587. The Balaban J connectivity index is 0.000000293. The largest absolute Gasteiger partial charge is 0.483 e. The molecule has 0 spiro atoms. The fourth-order valence-corrected chi connectivity index (χ4v) is 1.96. The Labute approximate surface area is 84.1 Å². The smallest absolute Gasteiger partial charge is 0.413 e. The van der Waals surface area contributed by atoms with Gasteiger partial charge in [0.1, 0.15) is 0 Å². The van der Waals surface area contributed by atoms with Gasteiger partial charge in [-0.1, -0.05) is 11.8 Å². The van der Waals surface area contributed by atoms with E-state index in [0.29, 0.717) is 0 Å². The van der Waals surface area contributed by atoms with Crippen LogP contribution in [0.1, 0.15) is 0 Å². The van der Waals surface area contributed by atoms with Gasteiger partial charge in [-0.25, -0.2) is 4.79 Å². The summed E-state index contributed by atoms with van der Waals surface area (Å²) in [6.07, 6.45) is 4.25. The zero-order chi connectivity index (χ0) is 10.6. The van der Waals surface area contributed by atoms with Gasteiger partial charge in [0.15, 0.2) is 5.50 Å². The number of nitrogens with zero attached hydrogens (tertiary/aromatic N) is 2. The molecule has 0 aromatic rings. The van der Waals surface area contributed by atoms with Crippen molar-refractivity contribution in [1.29, 1.82) is 0 Å². The molecule has 76 valence electrons. The van der Waals surface area contributed by atoms with Crippen molar-refractivity contribution < 1.29 is 19.8 Å². The fourth-order valence-electron chi connectivity index (χ4n) is 1.03. The van der Waals surface area contributed by atoms with E-state index in [1.807, 2.05) is 16.5 Å². The van der Waals surface area contributed by atoms with Crippen LogP contribution in [0.3, 0.4) is 0 Å². The predicted octanol–water partition coefficient (Wildman–Crippen LogP) is 0.956. The van der Waals surface area contributed by atoms with Crippen molar-refractivity contribution >= 4 is 24.3 Å². The Bertz CT molecular complexity index is 291. The number of hydrogen-bond acceptors (Lipinski definition) is 4. The van der Waals surface area contributed by atoms with Crippen LogP contribution in [-0.2, 0) is 4.79 Å². The topological polar surface area (TPSA) is 81.1 Å². The van der Waals surface area contributed by atoms with Gasteiger partial charge in [0.05, 0.1) is 0 Å². The van der Waals surface area contributed by atoms with E-state index >= 15 is 0 Å². The summed E-state index contributed by atoms with van der Waals surface area (Å²) in [4.78, 5) is 22.0. The number of thioether (sulfide) groups is 1. The molecule has 0 aliphatic carbocycles. The Morgan fingerprint density at radius 2 is 2.07 bits per heavy atom. The monoisotopic (exact) mass is 216 g/mol. The second-order valence-corrected chi connectivity index (χ2v) is 3.25. The van der Waals surface area contributed by atoms with Gasteiger partial charge in [-0.3, -0.25) is 9.69 Å². The highest BCUT2D eigenvalue weighted by Gasteiger charge is 2.31. The van der Waals surface area contributed by atoms with E-state index in [4.69, 9.17) is 15.0 Å². The highest BCUT2D eigenvalue weighted by atomic mass is 32.2. The van der Waals surface area contributed by atoms with Crippen LogP contribution in [-0.4, -0.2) is 38.1 Å². The standard InChI is InChI=1S/C6H6N2O2S.CH2O2/c9-6(10)8-2-1-7-3-4-11-5(7)8;2-1-3/h1-5H,(H,9,10);1H,(H,2,3). The summed E-state index contributed by atoms with van der Waals surface area (Å²) in [6.45, 7) is -0.250.